The maximum Gasteiger partial charge on any atom is 0.407 e. The van der Waals surface area contributed by atoms with Crippen LogP contribution in [0.5, 0.6) is 5.75 Å². The van der Waals surface area contributed by atoms with Gasteiger partial charge in [0.25, 0.3) is 11.8 Å². The van der Waals surface area contributed by atoms with E-state index in [1.807, 2.05) is 20.8 Å². The lowest BCUT2D eigenvalue weighted by molar-refractivity contribution is -0.136. The van der Waals surface area contributed by atoms with Crippen LogP contribution >= 0.6 is 0 Å². The summed E-state index contributed by atoms with van der Waals surface area (Å²) in [6.07, 6.45) is 2.17. The standard InChI is InChI=1S/C26H34N4O7/c1-26(2,3)37-25(35)27-16-10-13-29(14-11-16)12-5-15-36-19-7-4-6-17-21(19)24(34)30(23(17)33)18-8-9-20(31)28-22(18)32/h4,6-7,16,18H,5,8-15H2,1-3H3,(H,27,35)(H,28,31,32). The third-order valence-electron chi connectivity index (χ3n) is 6.61. The van der Waals surface area contributed by atoms with Crippen molar-refractivity contribution in [3.05, 3.63) is 29.3 Å². The smallest absolute Gasteiger partial charge is 0.407 e. The highest BCUT2D eigenvalue weighted by atomic mass is 16.6. The molecule has 4 rings (SSSR count). The number of imide groups is 2. The quantitative estimate of drug-likeness (QED) is 0.416. The number of hydrogen-bond donors (Lipinski definition) is 2. The molecule has 0 aromatic heterocycles. The molecule has 1 unspecified atom stereocenters. The first kappa shape index (κ1) is 26.6. The van der Waals surface area contributed by atoms with Crippen LogP contribution in [-0.4, -0.2) is 83.4 Å². The van der Waals surface area contributed by atoms with Gasteiger partial charge in [0.05, 0.1) is 17.7 Å². The van der Waals surface area contributed by atoms with E-state index in [0.717, 1.165) is 37.4 Å². The molecule has 0 radical (unpaired) electrons. The van der Waals surface area contributed by atoms with E-state index in [-0.39, 0.29) is 36.1 Å². The summed E-state index contributed by atoms with van der Waals surface area (Å²) in [5.74, 6) is -1.87. The van der Waals surface area contributed by atoms with Gasteiger partial charge in [0.2, 0.25) is 11.8 Å². The molecule has 3 heterocycles. The highest BCUT2D eigenvalue weighted by Crippen LogP contribution is 2.33. The zero-order valence-electron chi connectivity index (χ0n) is 21.5. The van der Waals surface area contributed by atoms with Crippen molar-refractivity contribution in [3.8, 4) is 5.75 Å². The van der Waals surface area contributed by atoms with E-state index in [1.165, 1.54) is 0 Å². The van der Waals surface area contributed by atoms with Crippen LogP contribution in [0.3, 0.4) is 0 Å². The Labute approximate surface area is 215 Å². The molecule has 1 aromatic rings. The Kier molecular flexibility index (Phi) is 7.82. The molecule has 11 nitrogen and oxygen atoms in total. The van der Waals surface area contributed by atoms with Gasteiger partial charge in [-0.15, -0.1) is 0 Å². The van der Waals surface area contributed by atoms with Crippen molar-refractivity contribution in [2.45, 2.75) is 70.6 Å². The normalized spacial score (nSPS) is 21.1. The number of fused-ring (bicyclic) bond motifs is 1. The highest BCUT2D eigenvalue weighted by molar-refractivity contribution is 6.24. The fraction of sp³-hybridized carbons (Fsp3) is 0.577. The molecule has 3 aliphatic rings. The fourth-order valence-electron chi connectivity index (χ4n) is 4.85. The molecule has 2 saturated heterocycles. The summed E-state index contributed by atoms with van der Waals surface area (Å²) in [5.41, 5.74) is -0.164. The molecule has 37 heavy (non-hydrogen) atoms. The molecule has 1 aromatic carbocycles. The lowest BCUT2D eigenvalue weighted by atomic mass is 10.0. The molecule has 3 aliphatic heterocycles. The first-order valence-electron chi connectivity index (χ1n) is 12.7. The lowest BCUT2D eigenvalue weighted by Crippen LogP contribution is -2.54. The molecule has 0 saturated carbocycles. The zero-order valence-corrected chi connectivity index (χ0v) is 21.5. The Bertz CT molecular complexity index is 1090. The number of carbonyl (C=O) groups excluding carboxylic acids is 5. The van der Waals surface area contributed by atoms with Crippen LogP contribution in [0.4, 0.5) is 4.79 Å². The molecule has 0 bridgehead atoms. The number of amides is 5. The van der Waals surface area contributed by atoms with Crippen LogP contribution in [0.25, 0.3) is 0 Å². The van der Waals surface area contributed by atoms with Crippen LogP contribution in [0.15, 0.2) is 18.2 Å². The number of likely N-dealkylation sites (tertiary alicyclic amines) is 1. The van der Waals surface area contributed by atoms with Gasteiger partial charge in [-0.2, -0.15) is 0 Å². The molecule has 2 fully saturated rings. The second-order valence-electron chi connectivity index (χ2n) is 10.6. The first-order chi connectivity index (χ1) is 17.5. The third kappa shape index (κ3) is 6.27. The maximum absolute atomic E-state index is 13.1. The van der Waals surface area contributed by atoms with Gasteiger partial charge in [0.1, 0.15) is 17.4 Å². The van der Waals surface area contributed by atoms with Crippen molar-refractivity contribution in [1.82, 2.24) is 20.4 Å². The van der Waals surface area contributed by atoms with E-state index >= 15 is 0 Å². The molecule has 1 atom stereocenters. The van der Waals surface area contributed by atoms with Gasteiger partial charge in [-0.05, 0) is 58.6 Å². The molecule has 200 valence electrons. The summed E-state index contributed by atoms with van der Waals surface area (Å²) in [6, 6.07) is 3.92. The average molecular weight is 515 g/mol. The predicted octanol–water partition coefficient (Wildman–Crippen LogP) is 1.85. The number of hydrogen-bond acceptors (Lipinski definition) is 8. The van der Waals surface area contributed by atoms with Crippen LogP contribution in [-0.2, 0) is 14.3 Å². The molecule has 5 amide bonds. The number of rotatable bonds is 7. The first-order valence-corrected chi connectivity index (χ1v) is 12.7. The van der Waals surface area contributed by atoms with Crippen molar-refractivity contribution in [1.29, 1.82) is 0 Å². The Morgan fingerprint density at radius 1 is 1.08 bits per heavy atom. The van der Waals surface area contributed by atoms with Gasteiger partial charge >= 0.3 is 6.09 Å². The lowest BCUT2D eigenvalue weighted by Gasteiger charge is -2.32. The predicted molar refractivity (Wildman–Crippen MR) is 132 cm³/mol. The van der Waals surface area contributed by atoms with E-state index in [4.69, 9.17) is 9.47 Å². The minimum absolute atomic E-state index is 0.0709. The average Bonchev–Trinajstić information content (AvgIpc) is 3.07. The number of ether oxygens (including phenoxy) is 2. The molecule has 0 aliphatic carbocycles. The Balaban J connectivity index is 1.25. The highest BCUT2D eigenvalue weighted by Gasteiger charge is 2.46. The minimum Gasteiger partial charge on any atom is -0.493 e. The number of nitrogens with zero attached hydrogens (tertiary/aromatic N) is 2. The zero-order chi connectivity index (χ0) is 26.7. The van der Waals surface area contributed by atoms with Crippen LogP contribution in [0, 0.1) is 0 Å². The van der Waals surface area contributed by atoms with Gasteiger partial charge in [-0.25, -0.2) is 4.79 Å². The summed E-state index contributed by atoms with van der Waals surface area (Å²) in [4.78, 5) is 65.0. The number of nitrogens with one attached hydrogen (secondary N) is 2. The van der Waals surface area contributed by atoms with Crippen molar-refractivity contribution in [3.63, 3.8) is 0 Å². The monoisotopic (exact) mass is 514 g/mol. The summed E-state index contributed by atoms with van der Waals surface area (Å²) >= 11 is 0. The summed E-state index contributed by atoms with van der Waals surface area (Å²) in [5, 5.41) is 5.13. The number of piperidine rings is 2. The van der Waals surface area contributed by atoms with Crippen LogP contribution < -0.4 is 15.4 Å². The second-order valence-corrected chi connectivity index (χ2v) is 10.6. The van der Waals surface area contributed by atoms with Gasteiger partial charge in [-0.3, -0.25) is 29.4 Å². The molecular weight excluding hydrogens is 480 g/mol. The second kappa shape index (κ2) is 10.9. The molecule has 0 spiro atoms. The van der Waals surface area contributed by atoms with Crippen molar-refractivity contribution >= 4 is 29.7 Å². The van der Waals surface area contributed by atoms with E-state index in [0.29, 0.717) is 18.8 Å². The fourth-order valence-corrected chi connectivity index (χ4v) is 4.85. The third-order valence-corrected chi connectivity index (χ3v) is 6.61. The summed E-state index contributed by atoms with van der Waals surface area (Å²) in [7, 11) is 0. The van der Waals surface area contributed by atoms with Crippen LogP contribution in [0.2, 0.25) is 0 Å². The van der Waals surface area contributed by atoms with Crippen molar-refractivity contribution < 1.29 is 33.4 Å². The van der Waals surface area contributed by atoms with E-state index in [1.54, 1.807) is 18.2 Å². The van der Waals surface area contributed by atoms with E-state index in [2.05, 4.69) is 15.5 Å². The van der Waals surface area contributed by atoms with Crippen LogP contribution in [0.1, 0.15) is 73.6 Å². The number of alkyl carbamates (subject to hydrolysis) is 1. The van der Waals surface area contributed by atoms with E-state index < -0.39 is 35.3 Å². The largest absolute Gasteiger partial charge is 0.493 e. The van der Waals surface area contributed by atoms with Gasteiger partial charge < -0.3 is 19.7 Å². The van der Waals surface area contributed by atoms with Crippen molar-refractivity contribution in [2.24, 2.45) is 0 Å². The molecule has 2 N–H and O–H groups in total. The summed E-state index contributed by atoms with van der Waals surface area (Å²) in [6.45, 7) is 8.34. The maximum atomic E-state index is 13.1. The topological polar surface area (TPSA) is 134 Å². The Morgan fingerprint density at radius 3 is 2.49 bits per heavy atom. The number of benzene rings is 1. The molecule has 11 heteroatoms. The Hall–Kier alpha value is -3.47. The minimum atomic E-state index is -1.01. The molecular formula is C26H34N4O7. The van der Waals surface area contributed by atoms with Crippen molar-refractivity contribution in [2.75, 3.05) is 26.2 Å². The van der Waals surface area contributed by atoms with Gasteiger partial charge in [-0.1, -0.05) is 6.07 Å². The van der Waals surface area contributed by atoms with Gasteiger partial charge in [0.15, 0.2) is 0 Å². The summed E-state index contributed by atoms with van der Waals surface area (Å²) < 4.78 is 11.2. The van der Waals surface area contributed by atoms with Gasteiger partial charge in [0, 0.05) is 32.1 Å². The SMILES string of the molecule is CC(C)(C)OC(=O)NC1CCN(CCCOc2cccc3c2C(=O)N(C2CCC(=O)NC2=O)C3=O)CC1. The number of carbonyl (C=O) groups is 5. The van der Waals surface area contributed by atoms with E-state index in [9.17, 15) is 24.0 Å². The Morgan fingerprint density at radius 2 is 1.81 bits per heavy atom.